The Morgan fingerprint density at radius 3 is 2.93 bits per heavy atom. The SMILES string of the molecule is OCCNC1CCCc2c(Cl)sc(Cl)c21. The second-order valence-corrected chi connectivity index (χ2v) is 5.89. The van der Waals surface area contributed by atoms with Crippen molar-refractivity contribution in [3.05, 3.63) is 19.8 Å². The van der Waals surface area contributed by atoms with Crippen LogP contribution in [0.4, 0.5) is 0 Å². The number of thiophene rings is 1. The molecule has 0 aliphatic heterocycles. The lowest BCUT2D eigenvalue weighted by Crippen LogP contribution is -2.27. The predicted octanol–water partition coefficient (Wildman–Crippen LogP) is 3.01. The first kappa shape index (κ1) is 11.7. The van der Waals surface area contributed by atoms with Gasteiger partial charge in [0.15, 0.2) is 0 Å². The van der Waals surface area contributed by atoms with Gasteiger partial charge in [-0.25, -0.2) is 0 Å². The van der Waals surface area contributed by atoms with Crippen LogP contribution in [0, 0.1) is 0 Å². The number of halogens is 2. The predicted molar refractivity (Wildman–Crippen MR) is 65.1 cm³/mol. The molecule has 0 radical (unpaired) electrons. The van der Waals surface area contributed by atoms with Gasteiger partial charge in [-0.15, -0.1) is 11.3 Å². The fourth-order valence-corrected chi connectivity index (χ4v) is 3.96. The summed E-state index contributed by atoms with van der Waals surface area (Å²) in [6.45, 7) is 0.759. The van der Waals surface area contributed by atoms with E-state index in [1.54, 1.807) is 0 Å². The van der Waals surface area contributed by atoms with Crippen molar-refractivity contribution >= 4 is 34.5 Å². The van der Waals surface area contributed by atoms with Crippen LogP contribution in [0.3, 0.4) is 0 Å². The number of hydrogen-bond donors (Lipinski definition) is 2. The van der Waals surface area contributed by atoms with E-state index in [1.165, 1.54) is 16.9 Å². The molecule has 5 heteroatoms. The summed E-state index contributed by atoms with van der Waals surface area (Å²) in [5, 5.41) is 12.1. The van der Waals surface area contributed by atoms with Crippen LogP contribution >= 0.6 is 34.5 Å². The standard InChI is InChI=1S/C10H13Cl2NOS/c11-9-6-2-1-3-7(13-4-5-14)8(6)10(12)15-9/h7,13-14H,1-5H2. The molecule has 0 aromatic carbocycles. The van der Waals surface area contributed by atoms with Gasteiger partial charge in [0.2, 0.25) is 0 Å². The number of nitrogens with one attached hydrogen (secondary N) is 1. The van der Waals surface area contributed by atoms with Gasteiger partial charge in [-0.3, -0.25) is 0 Å². The molecule has 1 aromatic rings. The second kappa shape index (κ2) is 5.02. The minimum atomic E-state index is 0.154. The van der Waals surface area contributed by atoms with Gasteiger partial charge >= 0.3 is 0 Å². The monoisotopic (exact) mass is 265 g/mol. The zero-order valence-electron chi connectivity index (χ0n) is 8.22. The van der Waals surface area contributed by atoms with Crippen molar-refractivity contribution in [3.8, 4) is 0 Å². The zero-order valence-corrected chi connectivity index (χ0v) is 10.6. The van der Waals surface area contributed by atoms with Crippen LogP contribution < -0.4 is 5.32 Å². The van der Waals surface area contributed by atoms with Crippen LogP contribution in [-0.4, -0.2) is 18.3 Å². The Morgan fingerprint density at radius 1 is 1.40 bits per heavy atom. The molecule has 1 atom stereocenters. The van der Waals surface area contributed by atoms with Gasteiger partial charge in [-0.1, -0.05) is 23.2 Å². The first-order valence-electron chi connectivity index (χ1n) is 5.05. The van der Waals surface area contributed by atoms with E-state index in [4.69, 9.17) is 28.3 Å². The van der Waals surface area contributed by atoms with E-state index in [1.807, 2.05) is 0 Å². The molecule has 15 heavy (non-hydrogen) atoms. The van der Waals surface area contributed by atoms with Crippen molar-refractivity contribution in [1.29, 1.82) is 0 Å². The minimum absolute atomic E-state index is 0.154. The van der Waals surface area contributed by atoms with Crippen LogP contribution in [0.25, 0.3) is 0 Å². The summed E-state index contributed by atoms with van der Waals surface area (Å²) in [6, 6.07) is 0.261. The van der Waals surface area contributed by atoms with Crippen LogP contribution in [-0.2, 0) is 6.42 Å². The van der Waals surface area contributed by atoms with E-state index >= 15 is 0 Å². The molecule has 1 aliphatic rings. The number of hydrogen-bond acceptors (Lipinski definition) is 3. The maximum absolute atomic E-state index is 8.80. The summed E-state index contributed by atoms with van der Waals surface area (Å²) in [5.41, 5.74) is 2.36. The van der Waals surface area contributed by atoms with Crippen molar-refractivity contribution in [2.75, 3.05) is 13.2 Å². The highest BCUT2D eigenvalue weighted by Gasteiger charge is 2.26. The lowest BCUT2D eigenvalue weighted by molar-refractivity contribution is 0.280. The molecule has 0 fully saturated rings. The maximum atomic E-state index is 8.80. The number of aliphatic hydroxyl groups excluding tert-OH is 1. The van der Waals surface area contributed by atoms with Crippen molar-refractivity contribution in [2.24, 2.45) is 0 Å². The van der Waals surface area contributed by atoms with E-state index in [2.05, 4.69) is 5.32 Å². The van der Waals surface area contributed by atoms with E-state index in [0.29, 0.717) is 6.54 Å². The lowest BCUT2D eigenvalue weighted by Gasteiger charge is -2.24. The lowest BCUT2D eigenvalue weighted by atomic mass is 9.91. The normalized spacial score (nSPS) is 20.3. The second-order valence-electron chi connectivity index (χ2n) is 3.66. The molecule has 1 heterocycles. The molecule has 0 bridgehead atoms. The van der Waals surface area contributed by atoms with Crippen molar-refractivity contribution in [2.45, 2.75) is 25.3 Å². The van der Waals surface area contributed by atoms with Crippen molar-refractivity contribution in [1.82, 2.24) is 5.32 Å². The summed E-state index contributed by atoms with van der Waals surface area (Å²) in [6.07, 6.45) is 3.22. The number of aliphatic hydroxyl groups is 1. The van der Waals surface area contributed by atoms with Gasteiger partial charge in [-0.2, -0.15) is 0 Å². The van der Waals surface area contributed by atoms with E-state index in [9.17, 15) is 0 Å². The van der Waals surface area contributed by atoms with Crippen LogP contribution in [0.2, 0.25) is 8.67 Å². The fourth-order valence-electron chi connectivity index (χ4n) is 2.07. The molecule has 84 valence electrons. The Morgan fingerprint density at radius 2 is 2.20 bits per heavy atom. The molecule has 2 nitrogen and oxygen atoms in total. The largest absolute Gasteiger partial charge is 0.395 e. The third-order valence-corrected chi connectivity index (χ3v) is 4.44. The minimum Gasteiger partial charge on any atom is -0.395 e. The van der Waals surface area contributed by atoms with Crippen LogP contribution in [0.5, 0.6) is 0 Å². The molecule has 1 aromatic heterocycles. The van der Waals surface area contributed by atoms with Crippen LogP contribution in [0.1, 0.15) is 30.0 Å². The van der Waals surface area contributed by atoms with E-state index in [-0.39, 0.29) is 12.6 Å². The summed E-state index contributed by atoms with van der Waals surface area (Å²) in [5.74, 6) is 0. The van der Waals surface area contributed by atoms with Gasteiger partial charge in [0.1, 0.15) is 0 Å². The van der Waals surface area contributed by atoms with Gasteiger partial charge in [0.05, 0.1) is 15.3 Å². The van der Waals surface area contributed by atoms with Crippen molar-refractivity contribution in [3.63, 3.8) is 0 Å². The third-order valence-electron chi connectivity index (χ3n) is 2.72. The molecule has 0 saturated carbocycles. The van der Waals surface area contributed by atoms with Gasteiger partial charge in [0.25, 0.3) is 0 Å². The zero-order chi connectivity index (χ0) is 10.8. The highest BCUT2D eigenvalue weighted by molar-refractivity contribution is 7.20. The molecule has 1 aliphatic carbocycles. The van der Waals surface area contributed by atoms with Crippen molar-refractivity contribution < 1.29 is 5.11 Å². The quantitative estimate of drug-likeness (QED) is 0.881. The van der Waals surface area contributed by atoms with E-state index in [0.717, 1.165) is 33.5 Å². The smallest absolute Gasteiger partial charge is 0.0994 e. The average molecular weight is 266 g/mol. The molecule has 0 saturated heterocycles. The summed E-state index contributed by atoms with van der Waals surface area (Å²) < 4.78 is 1.62. The van der Waals surface area contributed by atoms with Gasteiger partial charge in [-0.05, 0) is 24.8 Å². The average Bonchev–Trinajstić information content (AvgIpc) is 2.53. The Kier molecular flexibility index (Phi) is 3.91. The fraction of sp³-hybridized carbons (Fsp3) is 0.600. The first-order valence-corrected chi connectivity index (χ1v) is 6.62. The Hall–Kier alpha value is 0.200. The third kappa shape index (κ3) is 2.32. The molecule has 1 unspecified atom stereocenters. The summed E-state index contributed by atoms with van der Waals surface area (Å²) in [7, 11) is 0. The molecule has 2 rings (SSSR count). The van der Waals surface area contributed by atoms with Gasteiger partial charge < -0.3 is 10.4 Å². The van der Waals surface area contributed by atoms with Gasteiger partial charge in [0, 0.05) is 18.2 Å². The molecule has 0 spiro atoms. The highest BCUT2D eigenvalue weighted by atomic mass is 35.5. The maximum Gasteiger partial charge on any atom is 0.0994 e. The summed E-state index contributed by atoms with van der Waals surface area (Å²) >= 11 is 13.7. The van der Waals surface area contributed by atoms with Crippen LogP contribution in [0.15, 0.2) is 0 Å². The molecular weight excluding hydrogens is 253 g/mol. The molecular formula is C10H13Cl2NOS. The highest BCUT2D eigenvalue weighted by Crippen LogP contribution is 2.44. The Balaban J connectivity index is 2.25. The Bertz CT molecular complexity index is 353. The number of rotatable bonds is 3. The molecule has 0 amide bonds. The number of fused-ring (bicyclic) bond motifs is 1. The van der Waals surface area contributed by atoms with E-state index < -0.39 is 0 Å². The summed E-state index contributed by atoms with van der Waals surface area (Å²) in [4.78, 5) is 0. The molecule has 2 N–H and O–H groups in total. The Labute approximate surface area is 103 Å². The topological polar surface area (TPSA) is 32.3 Å². The first-order chi connectivity index (χ1) is 7.24.